The molecule has 0 aromatic heterocycles. The van der Waals surface area contributed by atoms with Gasteiger partial charge in [0.15, 0.2) is 5.75 Å². The number of rotatable bonds is 13. The average molecular weight is 342 g/mol. The van der Waals surface area contributed by atoms with Gasteiger partial charge >= 0.3 is 0 Å². The lowest BCUT2D eigenvalue weighted by atomic mass is 10.1. The van der Waals surface area contributed by atoms with Gasteiger partial charge in [-0.25, -0.2) is 5.48 Å². The third-order valence-electron chi connectivity index (χ3n) is 4.77. The van der Waals surface area contributed by atoms with E-state index in [0.717, 1.165) is 23.4 Å². The molecule has 1 aromatic rings. The van der Waals surface area contributed by atoms with E-state index in [-0.39, 0.29) is 0 Å². The molecule has 0 fully saturated rings. The highest BCUT2D eigenvalue weighted by atomic mass is 16.6. The predicted octanol–water partition coefficient (Wildman–Crippen LogP) is 7.18. The zero-order valence-electron chi connectivity index (χ0n) is 15.9. The Morgan fingerprint density at radius 2 is 1.52 bits per heavy atom. The van der Waals surface area contributed by atoms with Crippen LogP contribution in [0.15, 0.2) is 42.1 Å². The molecule has 25 heavy (non-hydrogen) atoms. The second kappa shape index (κ2) is 12.6. The van der Waals surface area contributed by atoms with Crippen molar-refractivity contribution in [3.05, 3.63) is 47.7 Å². The monoisotopic (exact) mass is 341 g/mol. The molecule has 2 rings (SSSR count). The Morgan fingerprint density at radius 3 is 2.28 bits per heavy atom. The number of fused-ring (bicyclic) bond motifs is 1. The molecular weight excluding hydrogens is 306 g/mol. The summed E-state index contributed by atoms with van der Waals surface area (Å²) in [6.07, 6.45) is 22.9. The lowest BCUT2D eigenvalue weighted by Crippen LogP contribution is -2.21. The first-order valence-electron chi connectivity index (χ1n) is 10.3. The van der Waals surface area contributed by atoms with E-state index in [2.05, 4.69) is 36.7 Å². The molecule has 0 saturated heterocycles. The zero-order valence-corrected chi connectivity index (χ0v) is 15.9. The molecule has 0 spiro atoms. The fraction of sp³-hybridized carbons (Fsp3) is 0.565. The molecule has 2 nitrogen and oxygen atoms in total. The second-order valence-electron chi connectivity index (χ2n) is 7.06. The van der Waals surface area contributed by atoms with E-state index in [1.807, 2.05) is 18.2 Å². The van der Waals surface area contributed by atoms with Gasteiger partial charge in [-0.1, -0.05) is 95.1 Å². The van der Waals surface area contributed by atoms with Crippen LogP contribution in [0.25, 0.3) is 6.08 Å². The summed E-state index contributed by atoms with van der Waals surface area (Å²) in [4.78, 5) is 5.55. The van der Waals surface area contributed by atoms with Gasteiger partial charge in [0, 0.05) is 12.0 Å². The van der Waals surface area contributed by atoms with E-state index < -0.39 is 0 Å². The normalized spacial score (nSPS) is 13.2. The summed E-state index contributed by atoms with van der Waals surface area (Å²) >= 11 is 0. The molecule has 1 aliphatic heterocycles. The topological polar surface area (TPSA) is 21.3 Å². The molecule has 1 aliphatic rings. The minimum absolute atomic E-state index is 0.903. The van der Waals surface area contributed by atoms with Crippen molar-refractivity contribution < 1.29 is 4.84 Å². The lowest BCUT2D eigenvalue weighted by molar-refractivity contribution is 0.223. The number of allylic oxidation sites excluding steroid dienone is 2. The molecular formula is C23H35NO. The van der Waals surface area contributed by atoms with Gasteiger partial charge in [0.2, 0.25) is 0 Å². The molecule has 0 aliphatic carbocycles. The fourth-order valence-corrected chi connectivity index (χ4v) is 3.21. The van der Waals surface area contributed by atoms with Crippen molar-refractivity contribution in [1.82, 2.24) is 5.48 Å². The highest BCUT2D eigenvalue weighted by Crippen LogP contribution is 2.24. The maximum Gasteiger partial charge on any atom is 0.162 e. The maximum atomic E-state index is 5.55. The maximum absolute atomic E-state index is 5.55. The molecule has 2 heteroatoms. The van der Waals surface area contributed by atoms with E-state index in [1.165, 1.54) is 70.6 Å². The summed E-state index contributed by atoms with van der Waals surface area (Å²) in [6.45, 7) is 2.28. The summed E-state index contributed by atoms with van der Waals surface area (Å²) in [6, 6.07) is 8.11. The van der Waals surface area contributed by atoms with E-state index in [1.54, 1.807) is 0 Å². The Labute approximate surface area is 154 Å². The molecule has 1 N–H and O–H groups in total. The van der Waals surface area contributed by atoms with Crippen molar-refractivity contribution in [3.8, 4) is 5.75 Å². The Balaban J connectivity index is 1.46. The van der Waals surface area contributed by atoms with E-state index in [4.69, 9.17) is 4.84 Å². The van der Waals surface area contributed by atoms with Crippen LogP contribution in [0.5, 0.6) is 5.75 Å². The largest absolute Gasteiger partial charge is 0.382 e. The van der Waals surface area contributed by atoms with Crippen molar-refractivity contribution >= 4 is 6.08 Å². The van der Waals surface area contributed by atoms with Gasteiger partial charge in [0.1, 0.15) is 0 Å². The summed E-state index contributed by atoms with van der Waals surface area (Å²) in [7, 11) is 0. The summed E-state index contributed by atoms with van der Waals surface area (Å²) < 4.78 is 0. The average Bonchev–Trinajstić information content (AvgIpc) is 2.65. The molecule has 1 aromatic carbocycles. The number of hydrogen-bond donors (Lipinski definition) is 1. The molecule has 0 atom stereocenters. The quantitative estimate of drug-likeness (QED) is 0.303. The molecule has 0 bridgehead atoms. The van der Waals surface area contributed by atoms with E-state index >= 15 is 0 Å². The van der Waals surface area contributed by atoms with Gasteiger partial charge in [-0.2, -0.15) is 0 Å². The van der Waals surface area contributed by atoms with Gasteiger partial charge in [0.25, 0.3) is 0 Å². The van der Waals surface area contributed by atoms with Crippen molar-refractivity contribution in [2.75, 3.05) is 0 Å². The van der Waals surface area contributed by atoms with Crippen molar-refractivity contribution in [1.29, 1.82) is 0 Å². The van der Waals surface area contributed by atoms with Crippen LogP contribution in [0.2, 0.25) is 0 Å². The molecule has 0 saturated carbocycles. The number of hydrogen-bond acceptors (Lipinski definition) is 2. The molecule has 0 radical (unpaired) electrons. The van der Waals surface area contributed by atoms with Crippen LogP contribution in [0, 0.1) is 0 Å². The highest BCUT2D eigenvalue weighted by molar-refractivity contribution is 5.61. The standard InChI is InChI=1S/C23H35NO/c1-2-3-4-5-6-7-8-9-10-11-12-13-14-18-22-20-21-17-15-16-19-23(21)25-24-22/h13-17,19-20,24H,2-12,18H2,1H3. The van der Waals surface area contributed by atoms with E-state index in [0.29, 0.717) is 0 Å². The minimum atomic E-state index is 0.903. The Hall–Kier alpha value is -1.70. The summed E-state index contributed by atoms with van der Waals surface area (Å²) in [5, 5.41) is 0. The first-order chi connectivity index (χ1) is 12.4. The lowest BCUT2D eigenvalue weighted by Gasteiger charge is -2.17. The van der Waals surface area contributed by atoms with E-state index in [9.17, 15) is 0 Å². The van der Waals surface area contributed by atoms with Gasteiger partial charge in [-0.3, -0.25) is 0 Å². The molecule has 0 amide bonds. The second-order valence-corrected chi connectivity index (χ2v) is 7.06. The van der Waals surface area contributed by atoms with Crippen LogP contribution in [0.3, 0.4) is 0 Å². The minimum Gasteiger partial charge on any atom is -0.382 e. The Morgan fingerprint density at radius 1 is 0.840 bits per heavy atom. The molecule has 138 valence electrons. The van der Waals surface area contributed by atoms with Crippen LogP contribution >= 0.6 is 0 Å². The van der Waals surface area contributed by atoms with Crippen molar-refractivity contribution in [3.63, 3.8) is 0 Å². The molecule has 1 heterocycles. The SMILES string of the molecule is CCCCCCCCCCCCC=CCC1=Cc2ccccc2ON1. The van der Waals surface area contributed by atoms with Crippen molar-refractivity contribution in [2.45, 2.75) is 84.0 Å². The van der Waals surface area contributed by atoms with Crippen LogP contribution in [-0.2, 0) is 0 Å². The van der Waals surface area contributed by atoms with Crippen LogP contribution < -0.4 is 10.3 Å². The third kappa shape index (κ3) is 8.29. The van der Waals surface area contributed by atoms with Crippen LogP contribution in [0.4, 0.5) is 0 Å². The van der Waals surface area contributed by atoms with Crippen LogP contribution in [0.1, 0.15) is 89.5 Å². The van der Waals surface area contributed by atoms with Crippen LogP contribution in [-0.4, -0.2) is 0 Å². The summed E-state index contributed by atoms with van der Waals surface area (Å²) in [5.41, 5.74) is 5.30. The number of para-hydroxylation sites is 1. The number of benzene rings is 1. The van der Waals surface area contributed by atoms with Crippen molar-refractivity contribution in [2.24, 2.45) is 0 Å². The first kappa shape index (κ1) is 19.6. The van der Waals surface area contributed by atoms with Gasteiger partial charge < -0.3 is 4.84 Å². The Kier molecular flexibility index (Phi) is 9.92. The fourth-order valence-electron chi connectivity index (χ4n) is 3.21. The van der Waals surface area contributed by atoms with Gasteiger partial charge in [-0.15, -0.1) is 0 Å². The first-order valence-corrected chi connectivity index (χ1v) is 10.3. The smallest absolute Gasteiger partial charge is 0.162 e. The summed E-state index contributed by atoms with van der Waals surface area (Å²) in [5.74, 6) is 0.903. The van der Waals surface area contributed by atoms with Gasteiger partial charge in [-0.05, 0) is 25.0 Å². The predicted molar refractivity (Wildman–Crippen MR) is 108 cm³/mol. The number of nitrogens with one attached hydrogen (secondary N) is 1. The molecule has 0 unspecified atom stereocenters. The third-order valence-corrected chi connectivity index (χ3v) is 4.77. The number of hydroxylamine groups is 1. The zero-order chi connectivity index (χ0) is 17.6. The highest BCUT2D eigenvalue weighted by Gasteiger charge is 2.08. The Bertz CT molecular complexity index is 533. The number of unbranched alkanes of at least 4 members (excludes halogenated alkanes) is 10. The van der Waals surface area contributed by atoms with Gasteiger partial charge in [0.05, 0.1) is 5.70 Å².